The van der Waals surface area contributed by atoms with Crippen LogP contribution in [-0.4, -0.2) is 71.0 Å². The van der Waals surface area contributed by atoms with E-state index in [1.165, 1.54) is 0 Å². The number of hydrogen-bond acceptors (Lipinski definition) is 9. The smallest absolute Gasteiger partial charge is 0.190 e. The number of benzene rings is 1. The highest BCUT2D eigenvalue weighted by Gasteiger charge is 2.24. The molecule has 3 aromatic heterocycles. The topological polar surface area (TPSA) is 115 Å². The van der Waals surface area contributed by atoms with Crippen LogP contribution in [0.3, 0.4) is 0 Å². The molecule has 4 aromatic rings. The van der Waals surface area contributed by atoms with Crippen molar-refractivity contribution in [1.82, 2.24) is 40.1 Å². The van der Waals surface area contributed by atoms with Gasteiger partial charge in [-0.15, -0.1) is 5.10 Å². The molecule has 0 spiro atoms. The molecule has 1 fully saturated rings. The average Bonchev–Trinajstić information content (AvgIpc) is 3.39. The van der Waals surface area contributed by atoms with E-state index in [0.29, 0.717) is 17.4 Å². The van der Waals surface area contributed by atoms with Gasteiger partial charge < -0.3 is 10.2 Å². The van der Waals surface area contributed by atoms with E-state index in [-0.39, 0.29) is 24.3 Å². The van der Waals surface area contributed by atoms with Gasteiger partial charge in [-0.05, 0) is 58.7 Å². The van der Waals surface area contributed by atoms with Crippen molar-refractivity contribution in [2.75, 3.05) is 18.4 Å². The molecule has 1 N–H and O–H groups in total. The Balaban J connectivity index is 1.29. The maximum Gasteiger partial charge on any atom is 0.190 e. The zero-order valence-electron chi connectivity index (χ0n) is 21.8. The maximum absolute atomic E-state index is 13.0. The molecule has 0 aliphatic carbocycles. The Morgan fingerprint density at radius 1 is 1.05 bits per heavy atom. The van der Waals surface area contributed by atoms with Crippen molar-refractivity contribution >= 4 is 22.5 Å². The van der Waals surface area contributed by atoms with E-state index in [1.807, 2.05) is 28.9 Å². The number of hydrogen-bond donors (Lipinski definition) is 1. The lowest BCUT2D eigenvalue weighted by molar-refractivity contribution is 0.0987. The zero-order chi connectivity index (χ0) is 25.9. The Morgan fingerprint density at radius 2 is 1.86 bits per heavy atom. The molecule has 4 heterocycles. The van der Waals surface area contributed by atoms with E-state index in [4.69, 9.17) is 0 Å². The molecular formula is C27H33N9O. The van der Waals surface area contributed by atoms with Crippen LogP contribution in [0, 0.1) is 0 Å². The number of rotatable bonds is 8. The summed E-state index contributed by atoms with van der Waals surface area (Å²) in [7, 11) is 0. The second kappa shape index (κ2) is 10.7. The van der Waals surface area contributed by atoms with Gasteiger partial charge in [-0.3, -0.25) is 9.78 Å². The average molecular weight is 500 g/mol. The van der Waals surface area contributed by atoms with Gasteiger partial charge in [0.05, 0.1) is 48.0 Å². The molecule has 0 unspecified atom stereocenters. The lowest BCUT2D eigenvalue weighted by atomic mass is 10.0. The quantitative estimate of drug-likeness (QED) is 0.360. The van der Waals surface area contributed by atoms with E-state index in [2.05, 4.69) is 68.4 Å². The Labute approximate surface area is 216 Å². The second-order valence-electron chi connectivity index (χ2n) is 10.2. The first-order valence-corrected chi connectivity index (χ1v) is 12.9. The summed E-state index contributed by atoms with van der Waals surface area (Å²) in [6, 6.07) is 8.85. The largest absolute Gasteiger partial charge is 0.367 e. The third kappa shape index (κ3) is 5.80. The molecule has 37 heavy (non-hydrogen) atoms. The summed E-state index contributed by atoms with van der Waals surface area (Å²) in [5.74, 6) is 0.610. The summed E-state index contributed by atoms with van der Waals surface area (Å²) in [6.45, 7) is 10.6. The third-order valence-electron chi connectivity index (χ3n) is 6.74. The summed E-state index contributed by atoms with van der Waals surface area (Å²) < 4.78 is 1.85. The number of Topliss-reactive ketones (excluding diaryl/α,β-unsaturated/α-hetero) is 1. The van der Waals surface area contributed by atoms with E-state index < -0.39 is 0 Å². The fourth-order valence-electron chi connectivity index (χ4n) is 4.71. The summed E-state index contributed by atoms with van der Waals surface area (Å²) in [5, 5.41) is 21.2. The Kier molecular flexibility index (Phi) is 7.18. The van der Waals surface area contributed by atoms with Gasteiger partial charge >= 0.3 is 0 Å². The molecular weight excluding hydrogens is 466 g/mol. The number of fused-ring (bicyclic) bond motifs is 1. The van der Waals surface area contributed by atoms with Crippen molar-refractivity contribution in [3.8, 4) is 11.3 Å². The lowest BCUT2D eigenvalue weighted by Gasteiger charge is -2.34. The number of likely N-dealkylation sites (tertiary alicyclic amines) is 1. The first kappa shape index (κ1) is 24.9. The van der Waals surface area contributed by atoms with Crippen molar-refractivity contribution in [3.63, 3.8) is 0 Å². The SMILES string of the molecule is CC(C)Nc1cncc(-c2ccc3nnc(CC(=O)c4cn(C5CCN(C(C)C)CC5)nn4)cc3c2)n1. The molecule has 0 amide bonds. The van der Waals surface area contributed by atoms with Gasteiger partial charge in [0, 0.05) is 36.1 Å². The summed E-state index contributed by atoms with van der Waals surface area (Å²) >= 11 is 0. The minimum Gasteiger partial charge on any atom is -0.367 e. The second-order valence-corrected chi connectivity index (χ2v) is 10.2. The number of nitrogens with one attached hydrogen (secondary N) is 1. The van der Waals surface area contributed by atoms with Crippen molar-refractivity contribution in [1.29, 1.82) is 0 Å². The molecule has 0 radical (unpaired) electrons. The van der Waals surface area contributed by atoms with Crippen molar-refractivity contribution in [2.24, 2.45) is 0 Å². The minimum atomic E-state index is -0.117. The monoisotopic (exact) mass is 499 g/mol. The number of nitrogens with zero attached hydrogens (tertiary/aromatic N) is 8. The van der Waals surface area contributed by atoms with Crippen molar-refractivity contribution in [2.45, 2.75) is 65.1 Å². The van der Waals surface area contributed by atoms with Gasteiger partial charge in [0.15, 0.2) is 5.78 Å². The molecule has 0 atom stereocenters. The zero-order valence-corrected chi connectivity index (χ0v) is 21.8. The fraction of sp³-hybridized carbons (Fsp3) is 0.444. The predicted molar refractivity (Wildman–Crippen MR) is 142 cm³/mol. The number of aromatic nitrogens is 7. The van der Waals surface area contributed by atoms with Crippen LogP contribution in [0.4, 0.5) is 5.82 Å². The standard InChI is InChI=1S/C27H33N9O/c1-17(2)29-27-15-28-14-24(30-27)19-5-6-23-20(11-19)12-21(31-32-23)13-26(37)25-16-36(34-33-25)22-7-9-35(10-8-22)18(3)4/h5-6,11-12,14-18,22H,7-10,13H2,1-4H3,(H,29,30). The number of piperidine rings is 1. The van der Waals surface area contributed by atoms with Gasteiger partial charge in [-0.1, -0.05) is 11.3 Å². The predicted octanol–water partition coefficient (Wildman–Crippen LogP) is 3.97. The van der Waals surface area contributed by atoms with Crippen LogP contribution >= 0.6 is 0 Å². The Bertz CT molecular complexity index is 1390. The van der Waals surface area contributed by atoms with Crippen LogP contribution in [0.5, 0.6) is 0 Å². The normalized spacial score (nSPS) is 15.1. The maximum atomic E-state index is 13.0. The molecule has 10 nitrogen and oxygen atoms in total. The van der Waals surface area contributed by atoms with E-state index in [9.17, 15) is 4.79 Å². The van der Waals surface area contributed by atoms with Gasteiger partial charge in [0.25, 0.3) is 0 Å². The van der Waals surface area contributed by atoms with E-state index in [0.717, 1.165) is 53.9 Å². The highest BCUT2D eigenvalue weighted by Crippen LogP contribution is 2.25. The fourth-order valence-corrected chi connectivity index (χ4v) is 4.71. The molecule has 1 saturated heterocycles. The Morgan fingerprint density at radius 3 is 2.62 bits per heavy atom. The third-order valence-corrected chi connectivity index (χ3v) is 6.74. The number of anilines is 1. The van der Waals surface area contributed by atoms with E-state index >= 15 is 0 Å². The number of carbonyl (C=O) groups is 1. The minimum absolute atomic E-state index is 0.116. The first-order valence-electron chi connectivity index (χ1n) is 12.9. The summed E-state index contributed by atoms with van der Waals surface area (Å²) in [4.78, 5) is 24.4. The number of ketones is 1. The Hall–Kier alpha value is -3.79. The van der Waals surface area contributed by atoms with Gasteiger partial charge in [-0.2, -0.15) is 10.2 Å². The van der Waals surface area contributed by atoms with Crippen LogP contribution in [0.2, 0.25) is 0 Å². The highest BCUT2D eigenvalue weighted by molar-refractivity contribution is 5.95. The molecule has 0 bridgehead atoms. The van der Waals surface area contributed by atoms with Crippen molar-refractivity contribution in [3.05, 3.63) is 54.2 Å². The molecule has 1 aromatic carbocycles. The van der Waals surface area contributed by atoms with Crippen molar-refractivity contribution < 1.29 is 4.79 Å². The van der Waals surface area contributed by atoms with Crippen LogP contribution in [0.15, 0.2) is 42.9 Å². The molecule has 5 rings (SSSR count). The van der Waals surface area contributed by atoms with Crippen LogP contribution < -0.4 is 5.32 Å². The number of carbonyl (C=O) groups excluding carboxylic acids is 1. The highest BCUT2D eigenvalue weighted by atomic mass is 16.1. The molecule has 1 aliphatic heterocycles. The van der Waals surface area contributed by atoms with Crippen LogP contribution in [0.25, 0.3) is 22.2 Å². The lowest BCUT2D eigenvalue weighted by Crippen LogP contribution is -2.39. The molecule has 10 heteroatoms. The molecule has 1 aliphatic rings. The van der Waals surface area contributed by atoms with Gasteiger partial charge in [0.1, 0.15) is 11.5 Å². The van der Waals surface area contributed by atoms with Gasteiger partial charge in [-0.25, -0.2) is 9.67 Å². The van der Waals surface area contributed by atoms with Crippen LogP contribution in [-0.2, 0) is 6.42 Å². The van der Waals surface area contributed by atoms with Gasteiger partial charge in [0.2, 0.25) is 0 Å². The van der Waals surface area contributed by atoms with Crippen LogP contribution in [0.1, 0.15) is 62.8 Å². The first-order chi connectivity index (χ1) is 17.9. The summed E-state index contributed by atoms with van der Waals surface area (Å²) in [6.07, 6.45) is 7.36. The summed E-state index contributed by atoms with van der Waals surface area (Å²) in [5.41, 5.74) is 3.40. The molecule has 0 saturated carbocycles. The molecule has 192 valence electrons. The van der Waals surface area contributed by atoms with E-state index in [1.54, 1.807) is 18.6 Å².